The lowest BCUT2D eigenvalue weighted by Gasteiger charge is -2.24. The van der Waals surface area contributed by atoms with E-state index in [1.165, 1.54) is 22.7 Å². The molecule has 1 amide bonds. The Morgan fingerprint density at radius 1 is 1.21 bits per heavy atom. The van der Waals surface area contributed by atoms with Gasteiger partial charge in [0, 0.05) is 28.9 Å². The van der Waals surface area contributed by atoms with Gasteiger partial charge in [-0.2, -0.15) is 5.10 Å². The maximum atomic E-state index is 13.5. The Labute approximate surface area is 197 Å². The van der Waals surface area contributed by atoms with Crippen molar-refractivity contribution in [2.75, 3.05) is 5.32 Å². The number of thiophene rings is 1. The Hall–Kier alpha value is -3.56. The molecule has 3 aromatic heterocycles. The van der Waals surface area contributed by atoms with Gasteiger partial charge in [0.2, 0.25) is 0 Å². The van der Waals surface area contributed by atoms with E-state index in [1.54, 1.807) is 10.8 Å². The summed E-state index contributed by atoms with van der Waals surface area (Å²) in [6.45, 7) is 4.59. The van der Waals surface area contributed by atoms with E-state index in [0.29, 0.717) is 26.3 Å². The van der Waals surface area contributed by atoms with Crippen LogP contribution in [0.2, 0.25) is 0 Å². The minimum Gasteiger partial charge on any atom is -0.322 e. The van der Waals surface area contributed by atoms with Gasteiger partial charge in [-0.25, -0.2) is 4.99 Å². The lowest BCUT2D eigenvalue weighted by molar-refractivity contribution is -0.113. The van der Waals surface area contributed by atoms with Gasteiger partial charge < -0.3 is 5.32 Å². The number of nitrogens with zero attached hydrogens (tertiary/aromatic N) is 4. The number of para-hydroxylation sites is 1. The van der Waals surface area contributed by atoms with E-state index in [9.17, 15) is 9.59 Å². The number of carbonyl (C=O) groups excluding carboxylic acids is 1. The predicted octanol–water partition coefficient (Wildman–Crippen LogP) is 3.15. The summed E-state index contributed by atoms with van der Waals surface area (Å²) in [5.74, 6) is -0.264. The first kappa shape index (κ1) is 21.3. The van der Waals surface area contributed by atoms with E-state index < -0.39 is 6.04 Å². The number of aromatic nitrogens is 3. The number of benzene rings is 1. The van der Waals surface area contributed by atoms with Crippen molar-refractivity contribution in [3.63, 3.8) is 0 Å². The van der Waals surface area contributed by atoms with E-state index in [1.807, 2.05) is 78.6 Å². The Bertz CT molecular complexity index is 1530. The van der Waals surface area contributed by atoms with Crippen molar-refractivity contribution >= 4 is 40.3 Å². The molecule has 5 rings (SSSR count). The van der Waals surface area contributed by atoms with Crippen molar-refractivity contribution in [3.8, 4) is 0 Å². The highest BCUT2D eigenvalue weighted by atomic mass is 32.1. The maximum Gasteiger partial charge on any atom is 0.271 e. The van der Waals surface area contributed by atoms with Gasteiger partial charge in [0.15, 0.2) is 4.80 Å². The molecule has 9 heteroatoms. The third kappa shape index (κ3) is 4.01. The molecular weight excluding hydrogens is 454 g/mol. The quantitative estimate of drug-likeness (QED) is 0.482. The van der Waals surface area contributed by atoms with Gasteiger partial charge in [-0.05, 0) is 43.5 Å². The number of rotatable bonds is 5. The van der Waals surface area contributed by atoms with Crippen molar-refractivity contribution in [2.24, 2.45) is 4.99 Å². The molecule has 0 unspecified atom stereocenters. The lowest BCUT2D eigenvalue weighted by atomic mass is 10.0. The van der Waals surface area contributed by atoms with Crippen LogP contribution in [-0.2, 0) is 11.3 Å². The third-order valence-corrected chi connectivity index (χ3v) is 7.29. The summed E-state index contributed by atoms with van der Waals surface area (Å²) in [5.41, 5.74) is 2.46. The first-order chi connectivity index (χ1) is 16.0. The number of amides is 1. The van der Waals surface area contributed by atoms with Gasteiger partial charge in [-0.1, -0.05) is 35.6 Å². The van der Waals surface area contributed by atoms with E-state index in [4.69, 9.17) is 0 Å². The number of hydrogen-bond acceptors (Lipinski definition) is 6. The van der Waals surface area contributed by atoms with E-state index in [-0.39, 0.29) is 11.5 Å². The van der Waals surface area contributed by atoms with Gasteiger partial charge in [0.1, 0.15) is 6.04 Å². The Kier molecular flexibility index (Phi) is 5.65. The van der Waals surface area contributed by atoms with Crippen LogP contribution in [-0.4, -0.2) is 20.3 Å². The highest BCUT2D eigenvalue weighted by Gasteiger charge is 2.33. The van der Waals surface area contributed by atoms with Gasteiger partial charge in [-0.3, -0.25) is 18.8 Å². The second-order valence-electron chi connectivity index (χ2n) is 7.55. The SMILES string of the molecule is CCn1cc(/C=c2/sc3n(c2=O)[C@H](c2cccs2)C(C(=O)Nc2ccccc2)=C(C)N=3)cn1. The van der Waals surface area contributed by atoms with Gasteiger partial charge in [-0.15, -0.1) is 11.3 Å². The number of hydrogen-bond donors (Lipinski definition) is 1. The van der Waals surface area contributed by atoms with Crippen LogP contribution in [0.4, 0.5) is 5.69 Å². The Morgan fingerprint density at radius 2 is 2.03 bits per heavy atom. The minimum atomic E-state index is -0.537. The number of allylic oxidation sites excluding steroid dienone is 1. The van der Waals surface area contributed by atoms with Crippen molar-refractivity contribution < 1.29 is 4.79 Å². The zero-order valence-corrected chi connectivity index (χ0v) is 19.7. The molecule has 166 valence electrons. The average molecular weight is 476 g/mol. The first-order valence-corrected chi connectivity index (χ1v) is 12.2. The number of carbonyl (C=O) groups is 1. The number of fused-ring (bicyclic) bond motifs is 1. The van der Waals surface area contributed by atoms with Crippen molar-refractivity contribution in [3.05, 3.63) is 102 Å². The zero-order valence-electron chi connectivity index (χ0n) is 18.1. The molecule has 1 aromatic carbocycles. The largest absolute Gasteiger partial charge is 0.322 e. The number of thiazole rings is 1. The van der Waals surface area contributed by atoms with Crippen molar-refractivity contribution in [1.29, 1.82) is 0 Å². The van der Waals surface area contributed by atoms with Crippen LogP contribution in [0.25, 0.3) is 6.08 Å². The summed E-state index contributed by atoms with van der Waals surface area (Å²) in [4.78, 5) is 33.1. The first-order valence-electron chi connectivity index (χ1n) is 10.5. The molecule has 1 N–H and O–H groups in total. The van der Waals surface area contributed by atoms with Crippen LogP contribution < -0.4 is 20.2 Å². The topological polar surface area (TPSA) is 81.3 Å². The minimum absolute atomic E-state index is 0.168. The predicted molar refractivity (Wildman–Crippen MR) is 131 cm³/mol. The molecule has 1 aliphatic heterocycles. The zero-order chi connectivity index (χ0) is 22.9. The molecule has 0 spiro atoms. The molecule has 0 aliphatic carbocycles. The highest BCUT2D eigenvalue weighted by Crippen LogP contribution is 2.33. The van der Waals surface area contributed by atoms with E-state index in [2.05, 4.69) is 15.4 Å². The van der Waals surface area contributed by atoms with Crippen LogP contribution in [0.1, 0.15) is 30.3 Å². The van der Waals surface area contributed by atoms with Crippen LogP contribution in [0, 0.1) is 0 Å². The summed E-state index contributed by atoms with van der Waals surface area (Å²) >= 11 is 2.84. The van der Waals surface area contributed by atoms with Crippen molar-refractivity contribution in [1.82, 2.24) is 14.3 Å². The molecule has 7 nitrogen and oxygen atoms in total. The van der Waals surface area contributed by atoms with Crippen LogP contribution >= 0.6 is 22.7 Å². The number of anilines is 1. The monoisotopic (exact) mass is 475 g/mol. The summed E-state index contributed by atoms with van der Waals surface area (Å²) in [5, 5.41) is 9.19. The molecule has 4 aromatic rings. The molecule has 1 atom stereocenters. The molecule has 0 fully saturated rings. The molecule has 33 heavy (non-hydrogen) atoms. The summed E-state index contributed by atoms with van der Waals surface area (Å²) < 4.78 is 4.01. The smallest absolute Gasteiger partial charge is 0.271 e. The average Bonchev–Trinajstić information content (AvgIpc) is 3.55. The fourth-order valence-electron chi connectivity index (χ4n) is 3.83. The van der Waals surface area contributed by atoms with Crippen molar-refractivity contribution in [2.45, 2.75) is 26.4 Å². The fourth-order valence-corrected chi connectivity index (χ4v) is 5.70. The molecule has 1 aliphatic rings. The molecule has 4 heterocycles. The van der Waals surface area contributed by atoms with Gasteiger partial charge in [0.25, 0.3) is 11.5 Å². The second kappa shape index (κ2) is 8.76. The molecule has 0 radical (unpaired) electrons. The van der Waals surface area contributed by atoms with Gasteiger partial charge in [0.05, 0.1) is 22.0 Å². The standard InChI is InChI=1S/C24H21N5O2S2/c1-3-28-14-16(13-25-28)12-19-23(31)29-21(18-10-7-11-32-18)20(15(2)26-24(29)33-19)22(30)27-17-8-5-4-6-9-17/h4-14,21H,3H2,1-2H3,(H,27,30)/b19-12+/t21-/m1/s1. The molecule has 0 bridgehead atoms. The molecule has 0 saturated carbocycles. The lowest BCUT2D eigenvalue weighted by Crippen LogP contribution is -2.40. The fraction of sp³-hybridized carbons (Fsp3) is 0.167. The summed E-state index contributed by atoms with van der Waals surface area (Å²) in [6.07, 6.45) is 5.47. The second-order valence-corrected chi connectivity index (χ2v) is 9.54. The van der Waals surface area contributed by atoms with E-state index >= 15 is 0 Å². The van der Waals surface area contributed by atoms with Crippen LogP contribution in [0.15, 0.2) is 81.3 Å². The normalized spacial score (nSPS) is 15.9. The van der Waals surface area contributed by atoms with E-state index in [0.717, 1.165) is 17.0 Å². The maximum absolute atomic E-state index is 13.5. The summed E-state index contributed by atoms with van der Waals surface area (Å²) in [7, 11) is 0. The van der Waals surface area contributed by atoms with Crippen LogP contribution in [0.3, 0.4) is 0 Å². The van der Waals surface area contributed by atoms with Crippen LogP contribution in [0.5, 0.6) is 0 Å². The molecule has 0 saturated heterocycles. The highest BCUT2D eigenvalue weighted by molar-refractivity contribution is 7.10. The van der Waals surface area contributed by atoms with Gasteiger partial charge >= 0.3 is 0 Å². The third-order valence-electron chi connectivity index (χ3n) is 5.39. The number of nitrogens with one attached hydrogen (secondary N) is 1. The number of aryl methyl sites for hydroxylation is 1. The summed E-state index contributed by atoms with van der Waals surface area (Å²) in [6, 6.07) is 12.6. The molecular formula is C24H21N5O2S2. The Morgan fingerprint density at radius 3 is 2.73 bits per heavy atom. The Balaban J connectivity index is 1.64.